The van der Waals surface area contributed by atoms with Crippen molar-refractivity contribution >= 4 is 22.7 Å². The first-order chi connectivity index (χ1) is 12.9. The molecule has 2 nitrogen and oxygen atoms in total. The molecule has 0 radical (unpaired) electrons. The summed E-state index contributed by atoms with van der Waals surface area (Å²) in [5.41, 5.74) is 6.61. The lowest BCUT2D eigenvalue weighted by Crippen LogP contribution is -1.95. The van der Waals surface area contributed by atoms with E-state index in [2.05, 4.69) is 77.4 Å². The molecule has 4 aromatic rings. The van der Waals surface area contributed by atoms with Crippen LogP contribution < -0.4 is 10.6 Å². The minimum atomic E-state index is 1.05. The van der Waals surface area contributed by atoms with Crippen LogP contribution in [0.1, 0.15) is 0 Å². The summed E-state index contributed by atoms with van der Waals surface area (Å²) in [6, 6.07) is 37.4. The lowest BCUT2D eigenvalue weighted by Gasteiger charge is -2.14. The molecule has 0 unspecified atom stereocenters. The lowest BCUT2D eigenvalue weighted by atomic mass is 10.0. The second-order valence-corrected chi connectivity index (χ2v) is 6.15. The molecule has 0 spiro atoms. The molecule has 0 heterocycles. The lowest BCUT2D eigenvalue weighted by molar-refractivity contribution is 1.50. The summed E-state index contributed by atoms with van der Waals surface area (Å²) in [5.74, 6) is 0. The number of hydrogen-bond acceptors (Lipinski definition) is 2. The largest absolute Gasteiger partial charge is 0.355 e. The topological polar surface area (TPSA) is 24.1 Å². The second-order valence-electron chi connectivity index (χ2n) is 6.15. The summed E-state index contributed by atoms with van der Waals surface area (Å²) in [4.78, 5) is 0. The third kappa shape index (κ3) is 3.93. The van der Waals surface area contributed by atoms with Crippen molar-refractivity contribution in [3.8, 4) is 11.1 Å². The van der Waals surface area contributed by atoms with Crippen LogP contribution in [-0.2, 0) is 0 Å². The van der Waals surface area contributed by atoms with E-state index in [9.17, 15) is 0 Å². The molecule has 0 saturated heterocycles. The minimum Gasteiger partial charge on any atom is -0.355 e. The van der Waals surface area contributed by atoms with Crippen LogP contribution in [0.4, 0.5) is 22.7 Å². The molecular weight excluding hydrogens is 316 g/mol. The Morgan fingerprint density at radius 2 is 0.769 bits per heavy atom. The maximum atomic E-state index is 3.50. The number of rotatable bonds is 5. The van der Waals surface area contributed by atoms with Crippen LogP contribution in [0.15, 0.2) is 109 Å². The van der Waals surface area contributed by atoms with Gasteiger partial charge < -0.3 is 10.6 Å². The fourth-order valence-corrected chi connectivity index (χ4v) is 2.95. The summed E-state index contributed by atoms with van der Waals surface area (Å²) in [5, 5.41) is 7.00. The van der Waals surface area contributed by atoms with E-state index in [0.29, 0.717) is 0 Å². The molecule has 0 saturated carbocycles. The van der Waals surface area contributed by atoms with Crippen molar-refractivity contribution in [3.63, 3.8) is 0 Å². The van der Waals surface area contributed by atoms with Crippen molar-refractivity contribution in [2.75, 3.05) is 10.6 Å². The molecule has 0 aliphatic carbocycles. The highest BCUT2D eigenvalue weighted by Crippen LogP contribution is 2.30. The predicted octanol–water partition coefficient (Wildman–Crippen LogP) is 6.84. The summed E-state index contributed by atoms with van der Waals surface area (Å²) < 4.78 is 0. The summed E-state index contributed by atoms with van der Waals surface area (Å²) in [6.45, 7) is 0. The molecule has 0 aliphatic heterocycles. The quantitative estimate of drug-likeness (QED) is 0.417. The number of hydrogen-bond donors (Lipinski definition) is 2. The zero-order valence-electron chi connectivity index (χ0n) is 14.4. The van der Waals surface area contributed by atoms with Crippen LogP contribution in [0.25, 0.3) is 11.1 Å². The van der Waals surface area contributed by atoms with Gasteiger partial charge in [0.2, 0.25) is 0 Å². The van der Waals surface area contributed by atoms with Gasteiger partial charge in [-0.3, -0.25) is 0 Å². The van der Waals surface area contributed by atoms with E-state index in [1.54, 1.807) is 0 Å². The van der Waals surface area contributed by atoms with Gasteiger partial charge in [-0.1, -0.05) is 66.7 Å². The fraction of sp³-hybridized carbons (Fsp3) is 0. The monoisotopic (exact) mass is 336 g/mol. The van der Waals surface area contributed by atoms with Gasteiger partial charge in [-0.05, 0) is 53.6 Å². The summed E-state index contributed by atoms with van der Waals surface area (Å²) in [6.07, 6.45) is 0. The molecule has 0 aromatic heterocycles. The SMILES string of the molecule is c1ccc(Nc2cc(Nc3ccccc3)cc(-c3ccccc3)c2)cc1. The predicted molar refractivity (Wildman–Crippen MR) is 111 cm³/mol. The van der Waals surface area contributed by atoms with Gasteiger partial charge in [0.25, 0.3) is 0 Å². The first-order valence-electron chi connectivity index (χ1n) is 8.71. The summed E-state index contributed by atoms with van der Waals surface area (Å²) in [7, 11) is 0. The molecule has 4 rings (SSSR count). The van der Waals surface area contributed by atoms with Crippen LogP contribution in [0.3, 0.4) is 0 Å². The zero-order chi connectivity index (χ0) is 17.6. The second kappa shape index (κ2) is 7.58. The molecule has 26 heavy (non-hydrogen) atoms. The number of benzene rings is 4. The Morgan fingerprint density at radius 3 is 1.23 bits per heavy atom. The smallest absolute Gasteiger partial charge is 0.0411 e. The fourth-order valence-electron chi connectivity index (χ4n) is 2.95. The Balaban J connectivity index is 1.72. The van der Waals surface area contributed by atoms with Gasteiger partial charge in [0.15, 0.2) is 0 Å². The number of para-hydroxylation sites is 2. The molecular formula is C24H20N2. The molecule has 126 valence electrons. The Bertz CT molecular complexity index is 905. The standard InChI is InChI=1S/C24H20N2/c1-4-10-19(11-5-1)20-16-23(25-21-12-6-2-7-13-21)18-24(17-20)26-22-14-8-3-9-15-22/h1-18,25-26H. The van der Waals surface area contributed by atoms with Crippen molar-refractivity contribution in [1.29, 1.82) is 0 Å². The van der Waals surface area contributed by atoms with Gasteiger partial charge in [0, 0.05) is 22.7 Å². The molecule has 0 aliphatic rings. The van der Waals surface area contributed by atoms with E-state index in [1.807, 2.05) is 42.5 Å². The van der Waals surface area contributed by atoms with Gasteiger partial charge in [0.1, 0.15) is 0 Å². The third-order valence-electron chi connectivity index (χ3n) is 4.17. The van der Waals surface area contributed by atoms with E-state index >= 15 is 0 Å². The first kappa shape index (κ1) is 16.0. The number of anilines is 4. The maximum Gasteiger partial charge on any atom is 0.0411 e. The van der Waals surface area contributed by atoms with Crippen molar-refractivity contribution in [2.45, 2.75) is 0 Å². The Kier molecular flexibility index (Phi) is 4.66. The Labute approximate surface area is 154 Å². The molecule has 2 heteroatoms. The molecule has 0 fully saturated rings. The Hall–Kier alpha value is -3.52. The third-order valence-corrected chi connectivity index (χ3v) is 4.17. The highest BCUT2D eigenvalue weighted by atomic mass is 14.9. The molecule has 0 atom stereocenters. The van der Waals surface area contributed by atoms with Gasteiger partial charge in [-0.2, -0.15) is 0 Å². The molecule has 4 aromatic carbocycles. The maximum absolute atomic E-state index is 3.50. The average Bonchev–Trinajstić information content (AvgIpc) is 2.70. The Morgan fingerprint density at radius 1 is 0.346 bits per heavy atom. The van der Waals surface area contributed by atoms with Gasteiger partial charge in [-0.15, -0.1) is 0 Å². The van der Waals surface area contributed by atoms with Crippen molar-refractivity contribution in [3.05, 3.63) is 109 Å². The zero-order valence-corrected chi connectivity index (χ0v) is 14.4. The van der Waals surface area contributed by atoms with Crippen molar-refractivity contribution < 1.29 is 0 Å². The first-order valence-corrected chi connectivity index (χ1v) is 8.71. The van der Waals surface area contributed by atoms with Crippen molar-refractivity contribution in [2.24, 2.45) is 0 Å². The van der Waals surface area contributed by atoms with Crippen molar-refractivity contribution in [1.82, 2.24) is 0 Å². The van der Waals surface area contributed by atoms with Crippen LogP contribution in [0, 0.1) is 0 Å². The van der Waals surface area contributed by atoms with E-state index in [4.69, 9.17) is 0 Å². The van der Waals surface area contributed by atoms with Crippen LogP contribution in [0.2, 0.25) is 0 Å². The van der Waals surface area contributed by atoms with Crippen LogP contribution in [0.5, 0.6) is 0 Å². The molecule has 0 bridgehead atoms. The van der Waals surface area contributed by atoms with E-state index in [0.717, 1.165) is 22.7 Å². The minimum absolute atomic E-state index is 1.05. The van der Waals surface area contributed by atoms with Crippen LogP contribution in [-0.4, -0.2) is 0 Å². The van der Waals surface area contributed by atoms with Gasteiger partial charge >= 0.3 is 0 Å². The number of nitrogens with one attached hydrogen (secondary N) is 2. The van der Waals surface area contributed by atoms with E-state index < -0.39 is 0 Å². The van der Waals surface area contributed by atoms with E-state index in [1.165, 1.54) is 11.1 Å². The highest BCUT2D eigenvalue weighted by molar-refractivity contribution is 5.78. The van der Waals surface area contributed by atoms with Gasteiger partial charge in [0.05, 0.1) is 0 Å². The van der Waals surface area contributed by atoms with E-state index in [-0.39, 0.29) is 0 Å². The average molecular weight is 336 g/mol. The molecule has 2 N–H and O–H groups in total. The normalized spacial score (nSPS) is 10.3. The molecule has 0 amide bonds. The highest BCUT2D eigenvalue weighted by Gasteiger charge is 2.05. The van der Waals surface area contributed by atoms with Gasteiger partial charge in [-0.25, -0.2) is 0 Å². The summed E-state index contributed by atoms with van der Waals surface area (Å²) >= 11 is 0. The van der Waals surface area contributed by atoms with Crippen LogP contribution >= 0.6 is 0 Å².